The minimum atomic E-state index is -3.93. The summed E-state index contributed by atoms with van der Waals surface area (Å²) < 4.78 is 27.5. The van der Waals surface area contributed by atoms with Crippen molar-refractivity contribution in [2.75, 3.05) is 13.1 Å². The molecule has 3 aromatic carbocycles. The summed E-state index contributed by atoms with van der Waals surface area (Å²) in [4.78, 5) is 18.7. The van der Waals surface area contributed by atoms with Gasteiger partial charge in [0, 0.05) is 19.6 Å². The van der Waals surface area contributed by atoms with Gasteiger partial charge in [-0.05, 0) is 49.1 Å². The number of hydroxylamine groups is 1. The van der Waals surface area contributed by atoms with E-state index in [1.165, 1.54) is 4.90 Å². The molecule has 0 spiro atoms. The van der Waals surface area contributed by atoms with Gasteiger partial charge in [0.2, 0.25) is 0 Å². The maximum Gasteiger partial charge on any atom is 0.407 e. The van der Waals surface area contributed by atoms with Crippen molar-refractivity contribution < 1.29 is 23.2 Å². The van der Waals surface area contributed by atoms with Crippen molar-refractivity contribution in [3.05, 3.63) is 90.5 Å². The second-order valence-corrected chi connectivity index (χ2v) is 9.95. The van der Waals surface area contributed by atoms with Crippen LogP contribution in [0.5, 0.6) is 0 Å². The number of hydrogen-bond donors (Lipinski definition) is 1. The fourth-order valence-corrected chi connectivity index (χ4v) is 4.84. The molecule has 0 heterocycles. The fourth-order valence-electron chi connectivity index (χ4n) is 3.47. The molecule has 0 fully saturated rings. The first-order valence-corrected chi connectivity index (χ1v) is 12.6. The predicted octanol–water partition coefficient (Wildman–Crippen LogP) is 5.25. The molecule has 0 aliphatic rings. The predicted molar refractivity (Wildman–Crippen MR) is 131 cm³/mol. The van der Waals surface area contributed by atoms with E-state index in [1.807, 2.05) is 60.7 Å². The van der Waals surface area contributed by atoms with E-state index in [0.717, 1.165) is 21.2 Å². The Hall–Kier alpha value is -3.20. The lowest BCUT2D eigenvalue weighted by molar-refractivity contribution is -0.120. The van der Waals surface area contributed by atoms with Gasteiger partial charge in [-0.15, -0.1) is 0 Å². The summed E-state index contributed by atoms with van der Waals surface area (Å²) in [6.07, 6.45) is -1.13. The van der Waals surface area contributed by atoms with Gasteiger partial charge in [-0.2, -0.15) is 0 Å². The summed E-state index contributed by atoms with van der Waals surface area (Å²) in [6.45, 7) is 3.93. The second-order valence-electron chi connectivity index (χ2n) is 8.12. The Morgan fingerprint density at radius 3 is 1.97 bits per heavy atom. The number of benzene rings is 3. The minimum Gasteiger partial charge on any atom is -0.465 e. The molecule has 1 N–H and O–H groups in total. The summed E-state index contributed by atoms with van der Waals surface area (Å²) in [6, 6.07) is 25.6. The third-order valence-electron chi connectivity index (χ3n) is 5.11. The molecule has 34 heavy (non-hydrogen) atoms. The Kier molecular flexibility index (Phi) is 8.81. The Morgan fingerprint density at radius 1 is 0.853 bits per heavy atom. The lowest BCUT2D eigenvalue weighted by Gasteiger charge is -2.25. The number of amides is 1. The average molecular weight is 483 g/mol. The van der Waals surface area contributed by atoms with Crippen LogP contribution in [0.2, 0.25) is 0 Å². The maximum atomic E-state index is 13.3. The molecule has 0 saturated carbocycles. The van der Waals surface area contributed by atoms with E-state index in [-0.39, 0.29) is 37.1 Å². The normalized spacial score (nSPS) is 11.6. The van der Waals surface area contributed by atoms with Gasteiger partial charge in [0.25, 0.3) is 10.0 Å². The molecule has 3 aromatic rings. The zero-order chi connectivity index (χ0) is 24.6. The van der Waals surface area contributed by atoms with Crippen LogP contribution in [0.1, 0.15) is 25.8 Å². The van der Waals surface area contributed by atoms with E-state index in [1.54, 1.807) is 38.1 Å². The average Bonchev–Trinajstić information content (AvgIpc) is 2.83. The number of sulfonamides is 1. The number of nitrogens with zero attached hydrogens (tertiary/aromatic N) is 2. The van der Waals surface area contributed by atoms with Gasteiger partial charge < -0.3 is 10.0 Å². The molecule has 0 bridgehead atoms. The Bertz CT molecular complexity index is 1150. The van der Waals surface area contributed by atoms with E-state index in [2.05, 4.69) is 0 Å². The van der Waals surface area contributed by atoms with Gasteiger partial charge in [0.05, 0.1) is 11.0 Å². The van der Waals surface area contributed by atoms with Crippen LogP contribution in [0.3, 0.4) is 0 Å². The first-order chi connectivity index (χ1) is 16.3. The molecule has 0 unspecified atom stereocenters. The van der Waals surface area contributed by atoms with E-state index >= 15 is 0 Å². The van der Waals surface area contributed by atoms with Crippen LogP contribution in [0.25, 0.3) is 11.1 Å². The highest BCUT2D eigenvalue weighted by Gasteiger charge is 2.27. The quantitative estimate of drug-likeness (QED) is 0.377. The molecule has 7 nitrogen and oxygen atoms in total. The second kappa shape index (κ2) is 11.8. The van der Waals surface area contributed by atoms with Gasteiger partial charge in [-0.3, -0.25) is 4.84 Å². The van der Waals surface area contributed by atoms with E-state index < -0.39 is 16.1 Å². The number of carboxylic acid groups (broad SMARTS) is 1. The SMILES string of the molecule is CC(C)ON(CCCN(Cc1ccccc1)C(=O)O)S(=O)(=O)c1ccc(-c2ccccc2)cc1. The van der Waals surface area contributed by atoms with Crippen molar-refractivity contribution in [2.24, 2.45) is 0 Å². The molecule has 0 radical (unpaired) electrons. The van der Waals surface area contributed by atoms with Crippen LogP contribution < -0.4 is 0 Å². The summed E-state index contributed by atoms with van der Waals surface area (Å²) in [5, 5.41) is 9.57. The summed E-state index contributed by atoms with van der Waals surface area (Å²) in [5.41, 5.74) is 2.77. The van der Waals surface area contributed by atoms with Crippen LogP contribution in [-0.2, 0) is 21.4 Å². The Balaban J connectivity index is 1.70. The molecule has 0 aliphatic heterocycles. The van der Waals surface area contributed by atoms with E-state index in [9.17, 15) is 18.3 Å². The zero-order valence-corrected chi connectivity index (χ0v) is 20.2. The van der Waals surface area contributed by atoms with Gasteiger partial charge in [-0.1, -0.05) is 77.3 Å². The molecule has 180 valence electrons. The van der Waals surface area contributed by atoms with Crippen LogP contribution in [0.4, 0.5) is 4.79 Å². The largest absolute Gasteiger partial charge is 0.465 e. The van der Waals surface area contributed by atoms with Gasteiger partial charge in [-0.25, -0.2) is 13.2 Å². The highest BCUT2D eigenvalue weighted by Crippen LogP contribution is 2.23. The first kappa shape index (κ1) is 25.4. The highest BCUT2D eigenvalue weighted by molar-refractivity contribution is 7.89. The summed E-state index contributed by atoms with van der Waals surface area (Å²) >= 11 is 0. The van der Waals surface area contributed by atoms with Crippen molar-refractivity contribution in [2.45, 2.75) is 37.8 Å². The maximum absolute atomic E-state index is 13.3. The molecular formula is C26H30N2O5S. The van der Waals surface area contributed by atoms with Crippen LogP contribution >= 0.6 is 0 Å². The Labute approximate surface area is 201 Å². The topological polar surface area (TPSA) is 87.2 Å². The standard InChI is InChI=1S/C26H30N2O5S/c1-21(2)33-28(19-9-18-27(26(29)30)20-22-10-5-3-6-11-22)34(31,32)25-16-14-24(15-17-25)23-12-7-4-8-13-23/h3-8,10-17,21H,9,18-20H2,1-2H3,(H,29,30). The number of rotatable bonds is 11. The molecule has 0 atom stereocenters. The summed E-state index contributed by atoms with van der Waals surface area (Å²) in [5.74, 6) is 0. The lowest BCUT2D eigenvalue weighted by atomic mass is 10.1. The van der Waals surface area contributed by atoms with Crippen molar-refractivity contribution in [1.82, 2.24) is 9.37 Å². The van der Waals surface area contributed by atoms with E-state index in [4.69, 9.17) is 4.84 Å². The fraction of sp³-hybridized carbons (Fsp3) is 0.269. The first-order valence-electron chi connectivity index (χ1n) is 11.1. The Morgan fingerprint density at radius 2 is 1.41 bits per heavy atom. The molecule has 0 saturated heterocycles. The van der Waals surface area contributed by atoms with Crippen LogP contribution in [0.15, 0.2) is 89.8 Å². The highest BCUT2D eigenvalue weighted by atomic mass is 32.2. The van der Waals surface area contributed by atoms with Crippen molar-refractivity contribution in [1.29, 1.82) is 0 Å². The molecule has 8 heteroatoms. The van der Waals surface area contributed by atoms with Crippen LogP contribution in [0, 0.1) is 0 Å². The number of hydrogen-bond acceptors (Lipinski definition) is 4. The van der Waals surface area contributed by atoms with Gasteiger partial charge in [0.1, 0.15) is 0 Å². The number of carbonyl (C=O) groups is 1. The third-order valence-corrected chi connectivity index (χ3v) is 6.78. The minimum absolute atomic E-state index is 0.0273. The molecule has 0 aromatic heterocycles. The zero-order valence-electron chi connectivity index (χ0n) is 19.4. The van der Waals surface area contributed by atoms with Crippen molar-refractivity contribution in [3.8, 4) is 11.1 Å². The van der Waals surface area contributed by atoms with Gasteiger partial charge >= 0.3 is 6.09 Å². The monoisotopic (exact) mass is 482 g/mol. The molecule has 1 amide bonds. The van der Waals surface area contributed by atoms with E-state index in [0.29, 0.717) is 0 Å². The van der Waals surface area contributed by atoms with Crippen molar-refractivity contribution in [3.63, 3.8) is 0 Å². The van der Waals surface area contributed by atoms with Crippen LogP contribution in [-0.4, -0.2) is 48.2 Å². The molecular weight excluding hydrogens is 452 g/mol. The third kappa shape index (κ3) is 6.90. The molecule has 3 rings (SSSR count). The van der Waals surface area contributed by atoms with Crippen molar-refractivity contribution >= 4 is 16.1 Å². The lowest BCUT2D eigenvalue weighted by Crippen LogP contribution is -2.37. The molecule has 0 aliphatic carbocycles. The summed E-state index contributed by atoms with van der Waals surface area (Å²) in [7, 11) is -3.93. The smallest absolute Gasteiger partial charge is 0.407 e. The van der Waals surface area contributed by atoms with Gasteiger partial charge in [0.15, 0.2) is 0 Å².